The van der Waals surface area contributed by atoms with Crippen molar-refractivity contribution < 1.29 is 5.11 Å². The summed E-state index contributed by atoms with van der Waals surface area (Å²) in [5, 5.41) is 10.6. The number of hydrogen-bond acceptors (Lipinski definition) is 2. The summed E-state index contributed by atoms with van der Waals surface area (Å²) < 4.78 is 1.19. The van der Waals surface area contributed by atoms with E-state index >= 15 is 0 Å². The fourth-order valence-electron chi connectivity index (χ4n) is 2.84. The van der Waals surface area contributed by atoms with E-state index in [1.54, 1.807) is 0 Å². The number of benzene rings is 1. The Morgan fingerprint density at radius 3 is 2.79 bits per heavy atom. The third-order valence-corrected chi connectivity index (χ3v) is 4.55. The first-order valence-electron chi connectivity index (χ1n) is 6.63. The number of halogens is 1. The molecule has 1 heterocycles. The molecule has 0 aliphatic heterocycles. The molecular formula is C16H16INO. The molecular weight excluding hydrogens is 349 g/mol. The first kappa shape index (κ1) is 13.1. The standard InChI is InChI=1S/C16H16INO/c17-13-8-6-12(7-9-13)16(19)14-5-1-3-11-4-2-10-18-15(11)14/h2,4,6-10,14,16,19H,1,3,5H2. The minimum atomic E-state index is -0.453. The van der Waals surface area contributed by atoms with Crippen molar-refractivity contribution in [1.82, 2.24) is 4.98 Å². The van der Waals surface area contributed by atoms with Gasteiger partial charge in [0.25, 0.3) is 0 Å². The summed E-state index contributed by atoms with van der Waals surface area (Å²) in [4.78, 5) is 4.50. The predicted molar refractivity (Wildman–Crippen MR) is 84.0 cm³/mol. The highest BCUT2D eigenvalue weighted by Crippen LogP contribution is 2.39. The van der Waals surface area contributed by atoms with Crippen LogP contribution in [0.25, 0.3) is 0 Å². The normalized spacial score (nSPS) is 19.8. The van der Waals surface area contributed by atoms with E-state index in [1.807, 2.05) is 36.5 Å². The lowest BCUT2D eigenvalue weighted by atomic mass is 9.81. The Balaban J connectivity index is 1.92. The average Bonchev–Trinajstić information content (AvgIpc) is 2.47. The van der Waals surface area contributed by atoms with Crippen molar-refractivity contribution in [2.75, 3.05) is 0 Å². The molecule has 1 aromatic heterocycles. The van der Waals surface area contributed by atoms with E-state index in [9.17, 15) is 5.11 Å². The second-order valence-corrected chi connectivity index (χ2v) is 6.29. The second-order valence-electron chi connectivity index (χ2n) is 5.04. The van der Waals surface area contributed by atoms with Crippen LogP contribution < -0.4 is 0 Å². The van der Waals surface area contributed by atoms with Crippen LogP contribution in [0.4, 0.5) is 0 Å². The quantitative estimate of drug-likeness (QED) is 0.821. The molecule has 0 amide bonds. The maximum atomic E-state index is 10.6. The average molecular weight is 365 g/mol. The van der Waals surface area contributed by atoms with Crippen LogP contribution in [0.2, 0.25) is 0 Å². The number of aryl methyl sites for hydroxylation is 1. The molecule has 2 aromatic rings. The molecule has 2 atom stereocenters. The highest BCUT2D eigenvalue weighted by atomic mass is 127. The Labute approximate surface area is 127 Å². The summed E-state index contributed by atoms with van der Waals surface area (Å²) in [6.07, 6.45) is 4.60. The van der Waals surface area contributed by atoms with Crippen LogP contribution in [0.1, 0.15) is 41.7 Å². The van der Waals surface area contributed by atoms with Gasteiger partial charge < -0.3 is 5.11 Å². The van der Waals surface area contributed by atoms with Crippen molar-refractivity contribution >= 4 is 22.6 Å². The van der Waals surface area contributed by atoms with Crippen LogP contribution >= 0.6 is 22.6 Å². The Kier molecular flexibility index (Phi) is 3.84. The fourth-order valence-corrected chi connectivity index (χ4v) is 3.20. The van der Waals surface area contributed by atoms with Gasteiger partial charge in [-0.1, -0.05) is 18.2 Å². The van der Waals surface area contributed by atoms with Crippen LogP contribution in [0.5, 0.6) is 0 Å². The van der Waals surface area contributed by atoms with E-state index in [0.29, 0.717) is 0 Å². The van der Waals surface area contributed by atoms with Gasteiger partial charge in [-0.15, -0.1) is 0 Å². The number of aliphatic hydroxyl groups is 1. The Morgan fingerprint density at radius 2 is 2.00 bits per heavy atom. The van der Waals surface area contributed by atoms with Crippen LogP contribution in [0, 0.1) is 3.57 Å². The first-order chi connectivity index (χ1) is 9.25. The molecule has 2 unspecified atom stereocenters. The lowest BCUT2D eigenvalue weighted by Crippen LogP contribution is -2.18. The summed E-state index contributed by atoms with van der Waals surface area (Å²) in [5.41, 5.74) is 3.37. The Morgan fingerprint density at radius 1 is 1.21 bits per heavy atom. The van der Waals surface area contributed by atoms with Gasteiger partial charge in [-0.25, -0.2) is 0 Å². The van der Waals surface area contributed by atoms with Gasteiger partial charge in [0.2, 0.25) is 0 Å². The van der Waals surface area contributed by atoms with Gasteiger partial charge in [0.05, 0.1) is 6.10 Å². The van der Waals surface area contributed by atoms with E-state index in [2.05, 4.69) is 33.6 Å². The zero-order valence-electron chi connectivity index (χ0n) is 10.6. The number of aromatic nitrogens is 1. The molecule has 98 valence electrons. The van der Waals surface area contributed by atoms with E-state index in [-0.39, 0.29) is 5.92 Å². The monoisotopic (exact) mass is 365 g/mol. The largest absolute Gasteiger partial charge is 0.388 e. The molecule has 3 rings (SSSR count). The van der Waals surface area contributed by atoms with Gasteiger partial charge >= 0.3 is 0 Å². The fraction of sp³-hybridized carbons (Fsp3) is 0.312. The second kappa shape index (κ2) is 5.59. The maximum absolute atomic E-state index is 10.6. The summed E-state index contributed by atoms with van der Waals surface area (Å²) in [6, 6.07) is 12.2. The first-order valence-corrected chi connectivity index (χ1v) is 7.71. The minimum Gasteiger partial charge on any atom is -0.388 e. The number of rotatable bonds is 2. The number of aliphatic hydroxyl groups excluding tert-OH is 1. The maximum Gasteiger partial charge on any atom is 0.0873 e. The number of nitrogens with zero attached hydrogens (tertiary/aromatic N) is 1. The highest BCUT2D eigenvalue weighted by Gasteiger charge is 2.28. The van der Waals surface area contributed by atoms with E-state index in [1.165, 1.54) is 9.13 Å². The molecule has 1 aliphatic rings. The minimum absolute atomic E-state index is 0.130. The molecule has 1 N–H and O–H groups in total. The van der Waals surface area contributed by atoms with Gasteiger partial charge in [-0.2, -0.15) is 0 Å². The number of hydrogen-bond donors (Lipinski definition) is 1. The molecule has 0 fully saturated rings. The zero-order valence-corrected chi connectivity index (χ0v) is 12.7. The van der Waals surface area contributed by atoms with E-state index in [4.69, 9.17) is 0 Å². The smallest absolute Gasteiger partial charge is 0.0873 e. The lowest BCUT2D eigenvalue weighted by Gasteiger charge is -2.28. The van der Waals surface area contributed by atoms with Crippen molar-refractivity contribution in [3.05, 3.63) is 63.0 Å². The van der Waals surface area contributed by atoms with Crippen LogP contribution in [-0.4, -0.2) is 10.1 Å². The van der Waals surface area contributed by atoms with E-state index in [0.717, 1.165) is 30.5 Å². The van der Waals surface area contributed by atoms with Gasteiger partial charge in [-0.05, 0) is 71.2 Å². The molecule has 0 radical (unpaired) electrons. The van der Waals surface area contributed by atoms with Crippen molar-refractivity contribution in [2.45, 2.75) is 31.3 Å². The topological polar surface area (TPSA) is 33.1 Å². The molecule has 0 saturated heterocycles. The van der Waals surface area contributed by atoms with E-state index < -0.39 is 6.10 Å². The number of pyridine rings is 1. The van der Waals surface area contributed by atoms with Crippen molar-refractivity contribution in [3.63, 3.8) is 0 Å². The zero-order chi connectivity index (χ0) is 13.2. The van der Waals surface area contributed by atoms with Crippen molar-refractivity contribution in [2.24, 2.45) is 0 Å². The van der Waals surface area contributed by atoms with Crippen molar-refractivity contribution in [1.29, 1.82) is 0 Å². The van der Waals surface area contributed by atoms with Gasteiger partial charge in [0.1, 0.15) is 0 Å². The Hall–Kier alpha value is -0.940. The molecule has 2 nitrogen and oxygen atoms in total. The molecule has 19 heavy (non-hydrogen) atoms. The molecule has 3 heteroatoms. The Bertz CT molecular complexity index is 567. The number of fused-ring (bicyclic) bond motifs is 1. The summed E-state index contributed by atoms with van der Waals surface area (Å²) in [7, 11) is 0. The molecule has 1 aliphatic carbocycles. The van der Waals surface area contributed by atoms with Gasteiger partial charge in [0, 0.05) is 21.4 Å². The third kappa shape index (κ3) is 2.67. The highest BCUT2D eigenvalue weighted by molar-refractivity contribution is 14.1. The molecule has 1 aromatic carbocycles. The predicted octanol–water partition coefficient (Wildman–Crippen LogP) is 3.84. The van der Waals surface area contributed by atoms with Crippen LogP contribution in [0.3, 0.4) is 0 Å². The van der Waals surface area contributed by atoms with Crippen LogP contribution in [0.15, 0.2) is 42.6 Å². The summed E-state index contributed by atoms with van der Waals surface area (Å²) in [6.45, 7) is 0. The van der Waals surface area contributed by atoms with Crippen molar-refractivity contribution in [3.8, 4) is 0 Å². The van der Waals surface area contributed by atoms with Crippen LogP contribution in [-0.2, 0) is 6.42 Å². The SMILES string of the molecule is OC(c1ccc(I)cc1)C1CCCc2cccnc21. The third-order valence-electron chi connectivity index (χ3n) is 3.83. The lowest BCUT2D eigenvalue weighted by molar-refractivity contribution is 0.134. The molecule has 0 saturated carbocycles. The molecule has 0 bridgehead atoms. The van der Waals surface area contributed by atoms with Gasteiger partial charge in [-0.3, -0.25) is 4.98 Å². The van der Waals surface area contributed by atoms with Gasteiger partial charge in [0.15, 0.2) is 0 Å². The molecule has 0 spiro atoms. The summed E-state index contributed by atoms with van der Waals surface area (Å²) >= 11 is 2.28. The summed E-state index contributed by atoms with van der Waals surface area (Å²) in [5.74, 6) is 0.130.